The number of carbonyl (C=O) groups excluding carboxylic acids is 1. The lowest BCUT2D eigenvalue weighted by Gasteiger charge is -2.13. The van der Waals surface area contributed by atoms with Gasteiger partial charge >= 0.3 is 12.1 Å². The number of carboxylic acid groups (broad SMARTS) is 1. The molecular weight excluding hydrogens is 480 g/mol. The van der Waals surface area contributed by atoms with Gasteiger partial charge in [0.1, 0.15) is 27.8 Å². The number of aromatic nitrogens is 1. The molecule has 2 N–H and O–H groups in total. The van der Waals surface area contributed by atoms with Crippen LogP contribution in [0.3, 0.4) is 0 Å². The highest BCUT2D eigenvalue weighted by atomic mass is 35.5. The van der Waals surface area contributed by atoms with E-state index in [1.54, 1.807) is 19.1 Å². The standard InChI is InChI=1S/C24H17ClN2O6S/c1-13(14-5-3-2-4-6-14)31-23(30)26-19-17(34-27-20(19)25)8-7-16-11-15-12-18(33-21(15)32-16)24(9-10-24)22(28)29/h2-6,11-13H,9-10H2,1H3,(H,26,30)(H,28,29). The fourth-order valence-electron chi connectivity index (χ4n) is 3.49. The summed E-state index contributed by atoms with van der Waals surface area (Å²) < 4.78 is 20.7. The molecule has 8 nitrogen and oxygen atoms in total. The van der Waals surface area contributed by atoms with Crippen LogP contribution < -0.4 is 5.32 Å². The number of furan rings is 2. The van der Waals surface area contributed by atoms with Crippen LogP contribution in [0.1, 0.15) is 47.8 Å². The molecule has 1 atom stereocenters. The number of anilines is 1. The maximum atomic E-state index is 12.4. The molecule has 1 aromatic carbocycles. The number of carbonyl (C=O) groups is 2. The molecule has 0 spiro atoms. The number of halogens is 1. The Hall–Kier alpha value is -3.74. The van der Waals surface area contributed by atoms with Crippen molar-refractivity contribution in [2.75, 3.05) is 5.32 Å². The summed E-state index contributed by atoms with van der Waals surface area (Å²) in [5.74, 6) is 5.76. The van der Waals surface area contributed by atoms with E-state index in [0.717, 1.165) is 17.1 Å². The minimum Gasteiger partial charge on any atom is -0.480 e. The van der Waals surface area contributed by atoms with Gasteiger partial charge in [-0.15, -0.1) is 0 Å². The first-order chi connectivity index (χ1) is 16.4. The number of ether oxygens (including phenoxy) is 1. The molecular formula is C24H17ClN2O6S. The number of hydrogen-bond donors (Lipinski definition) is 2. The molecule has 1 aliphatic rings. The fraction of sp³-hybridized carbons (Fsp3) is 0.208. The first kappa shape index (κ1) is 22.1. The Bertz CT molecular complexity index is 1420. The molecule has 3 aromatic heterocycles. The third-order valence-corrected chi connectivity index (χ3v) is 6.71. The van der Waals surface area contributed by atoms with E-state index in [2.05, 4.69) is 21.5 Å². The van der Waals surface area contributed by atoms with Crippen LogP contribution in [-0.4, -0.2) is 21.5 Å². The van der Waals surface area contributed by atoms with Gasteiger partial charge < -0.3 is 18.7 Å². The Kier molecular flexibility index (Phi) is 5.55. The van der Waals surface area contributed by atoms with Crippen molar-refractivity contribution in [3.05, 3.63) is 69.6 Å². The molecule has 5 rings (SSSR count). The van der Waals surface area contributed by atoms with Crippen molar-refractivity contribution in [3.63, 3.8) is 0 Å². The molecule has 0 saturated heterocycles. The van der Waals surface area contributed by atoms with Gasteiger partial charge in [-0.05, 0) is 54.8 Å². The van der Waals surface area contributed by atoms with Crippen molar-refractivity contribution in [3.8, 4) is 11.8 Å². The van der Waals surface area contributed by atoms with Crippen molar-refractivity contribution >= 4 is 52.0 Å². The predicted molar refractivity (Wildman–Crippen MR) is 125 cm³/mol. The molecule has 1 fully saturated rings. The third-order valence-electron chi connectivity index (χ3n) is 5.57. The minimum atomic E-state index is -0.944. The molecule has 4 aromatic rings. The minimum absolute atomic E-state index is 0.0971. The number of fused-ring (bicyclic) bond motifs is 1. The van der Waals surface area contributed by atoms with Crippen LogP contribution in [-0.2, 0) is 14.9 Å². The van der Waals surface area contributed by atoms with Crippen LogP contribution >= 0.6 is 23.1 Å². The maximum Gasteiger partial charge on any atom is 0.412 e. The van der Waals surface area contributed by atoms with Gasteiger partial charge in [0.15, 0.2) is 10.9 Å². The number of nitrogens with one attached hydrogen (secondary N) is 1. The highest BCUT2D eigenvalue weighted by molar-refractivity contribution is 7.07. The lowest BCUT2D eigenvalue weighted by Crippen LogP contribution is -2.18. The van der Waals surface area contributed by atoms with E-state index in [1.165, 1.54) is 0 Å². The lowest BCUT2D eigenvalue weighted by atomic mass is 10.0. The largest absolute Gasteiger partial charge is 0.480 e. The van der Waals surface area contributed by atoms with Crippen LogP contribution in [0, 0.1) is 11.8 Å². The van der Waals surface area contributed by atoms with E-state index in [4.69, 9.17) is 25.2 Å². The molecule has 10 heteroatoms. The Morgan fingerprint density at radius 1 is 1.24 bits per heavy atom. The third kappa shape index (κ3) is 4.14. The van der Waals surface area contributed by atoms with Gasteiger partial charge in [0.05, 0.1) is 5.39 Å². The summed E-state index contributed by atoms with van der Waals surface area (Å²) in [5, 5.41) is 12.7. The number of nitrogens with zero attached hydrogens (tertiary/aromatic N) is 1. The Morgan fingerprint density at radius 2 is 2.00 bits per heavy atom. The molecule has 0 radical (unpaired) electrons. The van der Waals surface area contributed by atoms with E-state index in [1.807, 2.05) is 30.3 Å². The van der Waals surface area contributed by atoms with Crippen LogP contribution in [0.2, 0.25) is 5.15 Å². The van der Waals surface area contributed by atoms with Crippen molar-refractivity contribution in [2.24, 2.45) is 0 Å². The summed E-state index contributed by atoms with van der Waals surface area (Å²) in [5.41, 5.74) is 0.160. The zero-order chi connectivity index (χ0) is 23.9. The smallest absolute Gasteiger partial charge is 0.412 e. The van der Waals surface area contributed by atoms with Crippen molar-refractivity contribution in [1.82, 2.24) is 4.37 Å². The molecule has 3 heterocycles. The van der Waals surface area contributed by atoms with Gasteiger partial charge in [-0.3, -0.25) is 10.1 Å². The van der Waals surface area contributed by atoms with E-state index >= 15 is 0 Å². The zero-order valence-electron chi connectivity index (χ0n) is 17.8. The molecule has 34 heavy (non-hydrogen) atoms. The Labute approximate surface area is 202 Å². The summed E-state index contributed by atoms with van der Waals surface area (Å²) in [6, 6.07) is 12.7. The fourth-order valence-corrected chi connectivity index (χ4v) is 4.39. The normalized spacial score (nSPS) is 14.8. The van der Waals surface area contributed by atoms with Gasteiger partial charge in [0.25, 0.3) is 5.78 Å². The SMILES string of the molecule is CC(OC(=O)Nc1c(Cl)nsc1C#Cc1cc2cc(C3(C(=O)O)CC3)oc2o1)c1ccccc1. The molecule has 0 bridgehead atoms. The number of rotatable bonds is 5. The van der Waals surface area contributed by atoms with E-state index in [-0.39, 0.29) is 16.6 Å². The summed E-state index contributed by atoms with van der Waals surface area (Å²) in [7, 11) is 0. The van der Waals surface area contributed by atoms with Crippen molar-refractivity contribution in [1.29, 1.82) is 0 Å². The van der Waals surface area contributed by atoms with Crippen LogP contribution in [0.25, 0.3) is 11.2 Å². The van der Waals surface area contributed by atoms with E-state index < -0.39 is 23.6 Å². The van der Waals surface area contributed by atoms with Gasteiger partial charge in [-0.25, -0.2) is 4.79 Å². The average molecular weight is 497 g/mol. The van der Waals surface area contributed by atoms with Gasteiger partial charge in [0, 0.05) is 6.07 Å². The molecule has 1 saturated carbocycles. The number of hydrogen-bond acceptors (Lipinski definition) is 7. The van der Waals surface area contributed by atoms with E-state index in [9.17, 15) is 14.7 Å². The summed E-state index contributed by atoms with van der Waals surface area (Å²) >= 11 is 7.16. The van der Waals surface area contributed by atoms with Crippen LogP contribution in [0.5, 0.6) is 0 Å². The number of benzene rings is 1. The van der Waals surface area contributed by atoms with Gasteiger partial charge in [0.2, 0.25) is 0 Å². The highest BCUT2D eigenvalue weighted by Gasteiger charge is 2.54. The number of aliphatic carboxylic acids is 1. The Morgan fingerprint density at radius 3 is 2.68 bits per heavy atom. The Balaban J connectivity index is 1.30. The summed E-state index contributed by atoms with van der Waals surface area (Å²) in [4.78, 5) is 24.3. The summed E-state index contributed by atoms with van der Waals surface area (Å²) in [6.07, 6.45) is -0.0588. The summed E-state index contributed by atoms with van der Waals surface area (Å²) in [6.45, 7) is 1.77. The maximum absolute atomic E-state index is 12.4. The molecule has 1 unspecified atom stereocenters. The number of carboxylic acids is 1. The second kappa shape index (κ2) is 8.56. The zero-order valence-corrected chi connectivity index (χ0v) is 19.3. The lowest BCUT2D eigenvalue weighted by molar-refractivity contribution is -0.140. The first-order valence-corrected chi connectivity index (χ1v) is 11.5. The van der Waals surface area contributed by atoms with E-state index in [0.29, 0.717) is 34.6 Å². The molecule has 0 aliphatic heterocycles. The molecule has 1 amide bonds. The topological polar surface area (TPSA) is 115 Å². The second-order valence-corrected chi connectivity index (χ2v) is 8.99. The monoisotopic (exact) mass is 496 g/mol. The second-order valence-electron chi connectivity index (χ2n) is 7.86. The molecule has 1 aliphatic carbocycles. The van der Waals surface area contributed by atoms with Crippen molar-refractivity contribution < 1.29 is 28.3 Å². The average Bonchev–Trinajstić information content (AvgIpc) is 3.26. The number of amides is 1. The van der Waals surface area contributed by atoms with Gasteiger partial charge in [-0.2, -0.15) is 4.37 Å². The first-order valence-electron chi connectivity index (χ1n) is 10.3. The molecule has 172 valence electrons. The van der Waals surface area contributed by atoms with Crippen LogP contribution in [0.4, 0.5) is 10.5 Å². The van der Waals surface area contributed by atoms with Crippen LogP contribution in [0.15, 0.2) is 51.3 Å². The highest BCUT2D eigenvalue weighted by Crippen LogP contribution is 2.50. The predicted octanol–water partition coefficient (Wildman–Crippen LogP) is 5.96. The quantitative estimate of drug-likeness (QED) is 0.327. The van der Waals surface area contributed by atoms with Crippen molar-refractivity contribution in [2.45, 2.75) is 31.3 Å². The van der Waals surface area contributed by atoms with Gasteiger partial charge in [-0.1, -0.05) is 41.9 Å².